The molecule has 0 spiro atoms. The van der Waals surface area contributed by atoms with Crippen LogP contribution in [0.25, 0.3) is 43.4 Å². The number of benzene rings is 6. The van der Waals surface area contributed by atoms with Crippen molar-refractivity contribution in [2.45, 2.75) is 39.0 Å². The van der Waals surface area contributed by atoms with Crippen LogP contribution in [0, 0.1) is 0 Å². The van der Waals surface area contributed by atoms with Gasteiger partial charge in [0.1, 0.15) is 12.7 Å². The van der Waals surface area contributed by atoms with Crippen molar-refractivity contribution < 1.29 is 0 Å². The third-order valence-corrected chi connectivity index (χ3v) is 15.2. The lowest BCUT2D eigenvalue weighted by Crippen LogP contribution is -2.27. The Morgan fingerprint density at radius 3 is 1.16 bits per heavy atom. The van der Waals surface area contributed by atoms with E-state index in [0.29, 0.717) is 11.3 Å². The van der Waals surface area contributed by atoms with E-state index < -0.39 is 15.8 Å². The van der Waals surface area contributed by atoms with Gasteiger partial charge in [0.25, 0.3) is 0 Å². The average molecular weight is 687 g/mol. The van der Waals surface area contributed by atoms with Gasteiger partial charge in [0.05, 0.1) is 11.0 Å². The van der Waals surface area contributed by atoms with Crippen LogP contribution in [0.2, 0.25) is 0 Å². The summed E-state index contributed by atoms with van der Waals surface area (Å²) in [6, 6.07) is 36.1. The minimum Gasteiger partial charge on any atom is -0.354 e. The SMILES string of the molecule is CC(C)P1c2cc3ccccc3cc2Nc2cc3ccccc3cc2P(C(C)C)c2cc3cncnc3cc2Nc2cc3ncncc3cc21. The van der Waals surface area contributed by atoms with Crippen LogP contribution in [0.15, 0.2) is 122 Å². The van der Waals surface area contributed by atoms with Gasteiger partial charge in [0.2, 0.25) is 0 Å². The van der Waals surface area contributed by atoms with Crippen molar-refractivity contribution in [1.29, 1.82) is 0 Å². The molecule has 1 aliphatic rings. The summed E-state index contributed by atoms with van der Waals surface area (Å²) in [6.45, 7) is 9.40. The molecule has 0 bridgehead atoms. The molecule has 2 N–H and O–H groups in total. The predicted molar refractivity (Wildman–Crippen MR) is 216 cm³/mol. The smallest absolute Gasteiger partial charge is 0.116 e. The van der Waals surface area contributed by atoms with E-state index in [9.17, 15) is 0 Å². The van der Waals surface area contributed by atoms with Gasteiger partial charge in [0.15, 0.2) is 0 Å². The Hall–Kier alpha value is -5.02. The topological polar surface area (TPSA) is 75.6 Å². The first-order chi connectivity index (χ1) is 24.4. The van der Waals surface area contributed by atoms with Crippen molar-refractivity contribution in [3.05, 3.63) is 122 Å². The number of rotatable bonds is 2. The lowest BCUT2D eigenvalue weighted by Gasteiger charge is -2.33. The fraction of sp³-hybridized carbons (Fsp3) is 0.143. The minimum atomic E-state index is -0.874. The van der Waals surface area contributed by atoms with E-state index in [1.54, 1.807) is 12.7 Å². The first-order valence-electron chi connectivity index (χ1n) is 17.1. The van der Waals surface area contributed by atoms with Crippen LogP contribution >= 0.6 is 15.8 Å². The molecule has 8 aromatic rings. The molecular formula is C42H36N6P2. The van der Waals surface area contributed by atoms with Crippen molar-refractivity contribution in [2.75, 3.05) is 10.6 Å². The zero-order chi connectivity index (χ0) is 33.9. The molecule has 8 heteroatoms. The molecule has 0 amide bonds. The van der Waals surface area contributed by atoms with E-state index in [0.717, 1.165) is 44.6 Å². The Bertz CT molecular complexity index is 2250. The van der Waals surface area contributed by atoms with Gasteiger partial charge in [-0.3, -0.25) is 0 Å². The number of hydrogen-bond donors (Lipinski definition) is 2. The first kappa shape index (κ1) is 31.0. The van der Waals surface area contributed by atoms with Gasteiger partial charge in [-0.15, -0.1) is 0 Å². The number of fused-ring (bicyclic) bond motifs is 8. The van der Waals surface area contributed by atoms with Crippen LogP contribution in [0.5, 0.6) is 0 Å². The largest absolute Gasteiger partial charge is 0.354 e. The van der Waals surface area contributed by atoms with E-state index in [2.05, 4.69) is 145 Å². The Kier molecular flexibility index (Phi) is 7.68. The van der Waals surface area contributed by atoms with Gasteiger partial charge in [0, 0.05) is 67.1 Å². The summed E-state index contributed by atoms with van der Waals surface area (Å²) in [5.41, 5.74) is 6.96. The standard InChI is InChI=1S/C42H36N6P2/c1-25(2)49-39-15-29-11-7-5-9-27(29)13-35(39)47-36-14-28-10-6-8-12-30(28)16-40(36)50(26(3)4)42-18-32-22-44-24-46-34(32)20-38(42)48-37-19-33-31(17-41(37)49)21-43-23-45-33/h5-26,47-48H,1-4H3. The summed E-state index contributed by atoms with van der Waals surface area (Å²) >= 11 is 0. The van der Waals surface area contributed by atoms with Gasteiger partial charge in [-0.25, -0.2) is 19.9 Å². The van der Waals surface area contributed by atoms with Crippen molar-refractivity contribution in [3.63, 3.8) is 0 Å². The second kappa shape index (κ2) is 12.4. The number of nitrogens with zero attached hydrogens (tertiary/aromatic N) is 4. The third kappa shape index (κ3) is 5.35. The first-order valence-corrected chi connectivity index (χ1v) is 19.9. The highest BCUT2D eigenvalue weighted by Crippen LogP contribution is 2.49. The molecule has 1 aliphatic heterocycles. The van der Waals surface area contributed by atoms with Crippen LogP contribution in [0.1, 0.15) is 27.7 Å². The van der Waals surface area contributed by atoms with Crippen molar-refractivity contribution in [2.24, 2.45) is 0 Å². The average Bonchev–Trinajstić information content (AvgIpc) is 3.11. The van der Waals surface area contributed by atoms with Gasteiger partial charge < -0.3 is 10.6 Å². The maximum atomic E-state index is 4.71. The third-order valence-electron chi connectivity index (χ3n) is 9.58. The maximum Gasteiger partial charge on any atom is 0.116 e. The molecule has 6 aromatic carbocycles. The molecule has 0 radical (unpaired) electrons. The number of anilines is 4. The van der Waals surface area contributed by atoms with E-state index in [-0.39, 0.29) is 0 Å². The maximum absolute atomic E-state index is 4.71. The second-order valence-electron chi connectivity index (χ2n) is 13.5. The molecule has 0 fully saturated rings. The van der Waals surface area contributed by atoms with Gasteiger partial charge in [-0.2, -0.15) is 0 Å². The number of hydrogen-bond acceptors (Lipinski definition) is 6. The molecule has 2 atom stereocenters. The number of aromatic nitrogens is 4. The molecule has 0 saturated carbocycles. The summed E-state index contributed by atoms with van der Waals surface area (Å²) in [4.78, 5) is 18.3. The molecule has 2 unspecified atom stereocenters. The molecular weight excluding hydrogens is 650 g/mol. The zero-order valence-corrected chi connectivity index (χ0v) is 30.2. The molecule has 9 rings (SSSR count). The highest BCUT2D eigenvalue weighted by Gasteiger charge is 2.30. The van der Waals surface area contributed by atoms with Crippen molar-refractivity contribution in [1.82, 2.24) is 19.9 Å². The zero-order valence-electron chi connectivity index (χ0n) is 28.4. The Morgan fingerprint density at radius 2 is 0.780 bits per heavy atom. The highest BCUT2D eigenvalue weighted by molar-refractivity contribution is 7.74. The van der Waals surface area contributed by atoms with Crippen molar-refractivity contribution in [3.8, 4) is 0 Å². The van der Waals surface area contributed by atoms with Gasteiger partial charge >= 0.3 is 0 Å². The molecule has 50 heavy (non-hydrogen) atoms. The molecule has 6 nitrogen and oxygen atoms in total. The van der Waals surface area contributed by atoms with E-state index in [1.807, 2.05) is 12.4 Å². The minimum absolute atomic E-state index is 0.338. The van der Waals surface area contributed by atoms with Gasteiger partial charge in [-0.1, -0.05) is 76.2 Å². The molecule has 244 valence electrons. The molecule has 0 aliphatic carbocycles. The summed E-state index contributed by atoms with van der Waals surface area (Å²) in [6.07, 6.45) is 7.14. The van der Waals surface area contributed by atoms with Crippen LogP contribution < -0.4 is 31.9 Å². The lowest BCUT2D eigenvalue weighted by atomic mass is 10.1. The predicted octanol–water partition coefficient (Wildman–Crippen LogP) is 9.36. The Labute approximate surface area is 293 Å². The van der Waals surface area contributed by atoms with Gasteiger partial charge in [-0.05, 0) is 97.2 Å². The van der Waals surface area contributed by atoms with Crippen molar-refractivity contribution >= 4 is 103 Å². The van der Waals surface area contributed by atoms with E-state index >= 15 is 0 Å². The van der Waals surface area contributed by atoms with Crippen LogP contribution in [0.4, 0.5) is 22.7 Å². The fourth-order valence-electron chi connectivity index (χ4n) is 7.35. The fourth-order valence-corrected chi connectivity index (χ4v) is 12.7. The summed E-state index contributed by atoms with van der Waals surface area (Å²) in [7, 11) is -1.75. The summed E-state index contributed by atoms with van der Waals surface area (Å²) in [5, 5.41) is 20.4. The Morgan fingerprint density at radius 1 is 0.440 bits per heavy atom. The molecule has 2 aromatic heterocycles. The van der Waals surface area contributed by atoms with Crippen LogP contribution in [0.3, 0.4) is 0 Å². The number of nitrogens with one attached hydrogen (secondary N) is 2. The molecule has 0 saturated heterocycles. The van der Waals surface area contributed by atoms with E-state index in [1.165, 1.54) is 42.8 Å². The lowest BCUT2D eigenvalue weighted by molar-refractivity contribution is 1.10. The van der Waals surface area contributed by atoms with Crippen LogP contribution in [-0.2, 0) is 0 Å². The second-order valence-corrected chi connectivity index (χ2v) is 19.0. The van der Waals surface area contributed by atoms with E-state index in [4.69, 9.17) is 9.97 Å². The molecule has 3 heterocycles. The summed E-state index contributed by atoms with van der Waals surface area (Å²) in [5.74, 6) is 0. The summed E-state index contributed by atoms with van der Waals surface area (Å²) < 4.78 is 0. The normalized spacial score (nSPS) is 15.9. The quantitative estimate of drug-likeness (QED) is 0.177. The highest BCUT2D eigenvalue weighted by atomic mass is 31.1. The monoisotopic (exact) mass is 686 g/mol. The van der Waals surface area contributed by atoms with Crippen LogP contribution in [-0.4, -0.2) is 31.3 Å². The Balaban J connectivity index is 1.43.